The van der Waals surface area contributed by atoms with Gasteiger partial charge in [-0.25, -0.2) is 0 Å². The van der Waals surface area contributed by atoms with Gasteiger partial charge in [-0.05, 0) is 38.4 Å². The Kier molecular flexibility index (Phi) is 8.15. The molecule has 3 nitrogen and oxygen atoms in total. The molecule has 0 aliphatic heterocycles. The molecule has 104 valence electrons. The molecule has 1 aromatic rings. The highest BCUT2D eigenvalue weighted by Crippen LogP contribution is 2.12. The summed E-state index contributed by atoms with van der Waals surface area (Å²) in [5, 5.41) is 0. The Bertz CT molecular complexity index is 406. The van der Waals surface area contributed by atoms with E-state index in [1.54, 1.807) is 0 Å². The van der Waals surface area contributed by atoms with E-state index in [9.17, 15) is 0 Å². The zero-order valence-electron chi connectivity index (χ0n) is 11.7. The fourth-order valence-electron chi connectivity index (χ4n) is 1.36. The molecule has 0 aliphatic rings. The first kappa shape index (κ1) is 15.9. The van der Waals surface area contributed by atoms with E-state index in [0.29, 0.717) is 6.54 Å². The van der Waals surface area contributed by atoms with Gasteiger partial charge < -0.3 is 15.4 Å². The van der Waals surface area contributed by atoms with Crippen LogP contribution in [0.25, 0.3) is 0 Å². The quantitative estimate of drug-likeness (QED) is 0.608. The molecule has 0 aromatic heterocycles. The minimum atomic E-state index is 0.391. The first-order valence-electron chi connectivity index (χ1n) is 6.36. The molecule has 0 radical (unpaired) electrons. The summed E-state index contributed by atoms with van der Waals surface area (Å²) in [4.78, 5) is 2.19. The Hall–Kier alpha value is -1.15. The molecular formula is C15H22N2OS. The van der Waals surface area contributed by atoms with E-state index in [2.05, 4.69) is 30.8 Å². The van der Waals surface area contributed by atoms with Crippen molar-refractivity contribution in [2.75, 3.05) is 45.3 Å². The van der Waals surface area contributed by atoms with Crippen molar-refractivity contribution in [2.24, 2.45) is 5.73 Å². The lowest BCUT2D eigenvalue weighted by molar-refractivity contribution is 0.344. The van der Waals surface area contributed by atoms with E-state index in [4.69, 9.17) is 10.5 Å². The van der Waals surface area contributed by atoms with Gasteiger partial charge in [0.15, 0.2) is 0 Å². The highest BCUT2D eigenvalue weighted by Gasteiger charge is 1.95. The number of rotatable bonds is 7. The van der Waals surface area contributed by atoms with Crippen LogP contribution in [0.4, 0.5) is 0 Å². The molecular weight excluding hydrogens is 256 g/mol. The summed E-state index contributed by atoms with van der Waals surface area (Å²) in [6, 6.07) is 7.81. The summed E-state index contributed by atoms with van der Waals surface area (Å²) in [5.74, 6) is 8.87. The second kappa shape index (κ2) is 9.74. The fraction of sp³-hybridized carbons (Fsp3) is 0.467. The van der Waals surface area contributed by atoms with Crippen molar-refractivity contribution in [3.8, 4) is 17.6 Å². The van der Waals surface area contributed by atoms with Crippen molar-refractivity contribution in [3.05, 3.63) is 29.8 Å². The molecule has 0 bridgehead atoms. The number of hydrogen-bond acceptors (Lipinski definition) is 4. The fourth-order valence-corrected chi connectivity index (χ4v) is 2.25. The van der Waals surface area contributed by atoms with Gasteiger partial charge in [0.25, 0.3) is 0 Å². The summed E-state index contributed by atoms with van der Waals surface area (Å²) in [7, 11) is 4.18. The van der Waals surface area contributed by atoms with Crippen LogP contribution in [0.5, 0.6) is 5.75 Å². The van der Waals surface area contributed by atoms with Gasteiger partial charge in [-0.3, -0.25) is 0 Å². The van der Waals surface area contributed by atoms with E-state index in [-0.39, 0.29) is 0 Å². The summed E-state index contributed by atoms with van der Waals surface area (Å²) < 4.78 is 5.67. The van der Waals surface area contributed by atoms with E-state index < -0.39 is 0 Å². The third-order valence-corrected chi connectivity index (χ3v) is 3.29. The van der Waals surface area contributed by atoms with E-state index >= 15 is 0 Å². The largest absolute Gasteiger partial charge is 0.493 e. The lowest BCUT2D eigenvalue weighted by Crippen LogP contribution is -2.15. The number of hydrogen-bond donors (Lipinski definition) is 1. The summed E-state index contributed by atoms with van der Waals surface area (Å²) in [6.07, 6.45) is 0. The van der Waals surface area contributed by atoms with Crippen molar-refractivity contribution >= 4 is 11.8 Å². The number of nitrogens with two attached hydrogens (primary N) is 1. The molecule has 1 rings (SSSR count). The molecule has 0 saturated carbocycles. The van der Waals surface area contributed by atoms with Crippen molar-refractivity contribution in [1.82, 2.24) is 4.90 Å². The zero-order chi connectivity index (χ0) is 13.9. The first-order valence-corrected chi connectivity index (χ1v) is 7.52. The van der Waals surface area contributed by atoms with Gasteiger partial charge in [0.2, 0.25) is 0 Å². The monoisotopic (exact) mass is 278 g/mol. The van der Waals surface area contributed by atoms with Gasteiger partial charge in [0, 0.05) is 23.6 Å². The van der Waals surface area contributed by atoms with Crippen LogP contribution < -0.4 is 10.5 Å². The topological polar surface area (TPSA) is 38.5 Å². The van der Waals surface area contributed by atoms with Crippen LogP contribution in [0.1, 0.15) is 5.56 Å². The van der Waals surface area contributed by atoms with E-state index in [1.165, 1.54) is 0 Å². The Balaban J connectivity index is 2.19. The van der Waals surface area contributed by atoms with Crippen LogP contribution in [0, 0.1) is 11.8 Å². The maximum atomic E-state index is 5.67. The lowest BCUT2D eigenvalue weighted by Gasteiger charge is -2.09. The number of ether oxygens (including phenoxy) is 1. The first-order chi connectivity index (χ1) is 9.22. The molecule has 0 heterocycles. The van der Waals surface area contributed by atoms with Crippen LogP contribution in [-0.4, -0.2) is 50.2 Å². The molecule has 2 N–H and O–H groups in total. The van der Waals surface area contributed by atoms with Crippen LogP contribution in [-0.2, 0) is 0 Å². The molecule has 0 amide bonds. The van der Waals surface area contributed by atoms with Crippen molar-refractivity contribution < 1.29 is 4.74 Å². The van der Waals surface area contributed by atoms with Gasteiger partial charge in [-0.1, -0.05) is 11.8 Å². The highest BCUT2D eigenvalue weighted by molar-refractivity contribution is 7.99. The van der Waals surface area contributed by atoms with Crippen molar-refractivity contribution in [1.29, 1.82) is 0 Å². The predicted molar refractivity (Wildman–Crippen MR) is 83.7 cm³/mol. The third-order valence-electron chi connectivity index (χ3n) is 2.37. The SMILES string of the molecule is CN(C)CCSCCOc1ccc(C#CCN)cc1. The second-order valence-corrected chi connectivity index (χ2v) is 5.52. The minimum Gasteiger partial charge on any atom is -0.493 e. The maximum Gasteiger partial charge on any atom is 0.119 e. The standard InChI is InChI=1S/C15H22N2OS/c1-17(2)10-12-19-13-11-18-15-7-5-14(6-8-15)4-3-9-16/h5-8H,9-13,16H2,1-2H3. The molecule has 0 saturated heterocycles. The molecule has 4 heteroatoms. The average Bonchev–Trinajstić information content (AvgIpc) is 2.41. The molecule has 0 atom stereocenters. The summed E-state index contributed by atoms with van der Waals surface area (Å²) in [5.41, 5.74) is 6.30. The number of thioether (sulfide) groups is 1. The maximum absolute atomic E-state index is 5.67. The molecule has 0 aliphatic carbocycles. The van der Waals surface area contributed by atoms with E-state index in [0.717, 1.165) is 36.0 Å². The Morgan fingerprint density at radius 3 is 2.58 bits per heavy atom. The lowest BCUT2D eigenvalue weighted by atomic mass is 10.2. The Morgan fingerprint density at radius 1 is 1.21 bits per heavy atom. The van der Waals surface area contributed by atoms with Crippen LogP contribution in [0.3, 0.4) is 0 Å². The van der Waals surface area contributed by atoms with Gasteiger partial charge in [-0.15, -0.1) is 0 Å². The van der Waals surface area contributed by atoms with Crippen molar-refractivity contribution in [2.45, 2.75) is 0 Å². The highest BCUT2D eigenvalue weighted by atomic mass is 32.2. The summed E-state index contributed by atoms with van der Waals surface area (Å²) in [6.45, 7) is 2.24. The Labute approximate surface area is 120 Å². The van der Waals surface area contributed by atoms with Crippen LogP contribution in [0.2, 0.25) is 0 Å². The molecule has 0 fully saturated rings. The van der Waals surface area contributed by atoms with Gasteiger partial charge >= 0.3 is 0 Å². The summed E-state index contributed by atoms with van der Waals surface area (Å²) >= 11 is 1.91. The Morgan fingerprint density at radius 2 is 1.95 bits per heavy atom. The molecule has 0 spiro atoms. The van der Waals surface area contributed by atoms with Crippen LogP contribution in [0.15, 0.2) is 24.3 Å². The normalized spacial score (nSPS) is 10.1. The van der Waals surface area contributed by atoms with Gasteiger partial charge in [0.05, 0.1) is 13.2 Å². The zero-order valence-corrected chi connectivity index (χ0v) is 12.5. The second-order valence-electron chi connectivity index (χ2n) is 4.29. The van der Waals surface area contributed by atoms with E-state index in [1.807, 2.05) is 36.0 Å². The predicted octanol–water partition coefficient (Wildman–Crippen LogP) is 1.67. The van der Waals surface area contributed by atoms with Crippen molar-refractivity contribution in [3.63, 3.8) is 0 Å². The third kappa shape index (κ3) is 7.78. The number of nitrogens with zero attached hydrogens (tertiary/aromatic N) is 1. The molecule has 0 unspecified atom stereocenters. The van der Waals surface area contributed by atoms with Gasteiger partial charge in [0.1, 0.15) is 5.75 Å². The van der Waals surface area contributed by atoms with Crippen LogP contribution >= 0.6 is 11.8 Å². The number of benzene rings is 1. The molecule has 19 heavy (non-hydrogen) atoms. The van der Waals surface area contributed by atoms with Gasteiger partial charge in [-0.2, -0.15) is 11.8 Å². The average molecular weight is 278 g/mol. The smallest absolute Gasteiger partial charge is 0.119 e. The molecule has 1 aromatic carbocycles. The minimum absolute atomic E-state index is 0.391.